The van der Waals surface area contributed by atoms with Crippen LogP contribution in [0.5, 0.6) is 0 Å². The lowest BCUT2D eigenvalue weighted by Gasteiger charge is -2.23. The minimum absolute atomic E-state index is 0.201. The molecule has 0 spiro atoms. The molecular weight excluding hydrogens is 280 g/mol. The highest BCUT2D eigenvalue weighted by molar-refractivity contribution is 5.78. The number of benzene rings is 1. The molecule has 1 fully saturated rings. The number of furan rings is 1. The zero-order valence-corrected chi connectivity index (χ0v) is 13.0. The molecule has 22 heavy (non-hydrogen) atoms. The second-order valence-corrected chi connectivity index (χ2v) is 6.14. The monoisotopic (exact) mass is 302 g/mol. The number of urea groups is 1. The number of nitrogens with one attached hydrogen (secondary N) is 1. The van der Waals surface area contributed by atoms with Crippen molar-refractivity contribution in [2.24, 2.45) is 5.92 Å². The predicted octanol–water partition coefficient (Wildman–Crippen LogP) is 2.91. The van der Waals surface area contributed by atoms with Crippen molar-refractivity contribution in [2.45, 2.75) is 31.9 Å². The quantitative estimate of drug-likeness (QED) is 0.892. The molecule has 1 aromatic heterocycles. The van der Waals surface area contributed by atoms with Gasteiger partial charge in [-0.15, -0.1) is 0 Å². The van der Waals surface area contributed by atoms with Crippen LogP contribution in [0.2, 0.25) is 0 Å². The molecule has 0 aliphatic heterocycles. The van der Waals surface area contributed by atoms with Crippen LogP contribution in [0.25, 0.3) is 11.0 Å². The van der Waals surface area contributed by atoms with E-state index in [-0.39, 0.29) is 12.1 Å². The Balaban J connectivity index is 1.59. The lowest BCUT2D eigenvalue weighted by Crippen LogP contribution is -2.42. The summed E-state index contributed by atoms with van der Waals surface area (Å²) < 4.78 is 5.76. The summed E-state index contributed by atoms with van der Waals surface area (Å²) in [6.45, 7) is 2.25. The maximum Gasteiger partial charge on any atom is 0.317 e. The number of aliphatic hydroxyl groups excluding tert-OH is 1. The van der Waals surface area contributed by atoms with E-state index in [1.54, 1.807) is 7.05 Å². The van der Waals surface area contributed by atoms with Gasteiger partial charge in [0.05, 0.1) is 12.1 Å². The van der Waals surface area contributed by atoms with E-state index in [1.807, 2.05) is 37.3 Å². The van der Waals surface area contributed by atoms with Crippen molar-refractivity contribution >= 4 is 17.0 Å². The SMILES string of the molecule is CC(NC(=O)N(C)CC(O)C1CC1)c1cc2ccccc2o1. The fourth-order valence-electron chi connectivity index (χ4n) is 2.58. The fraction of sp³-hybridized carbons (Fsp3) is 0.471. The standard InChI is InChI=1S/C17H22N2O3/c1-11(16-9-13-5-3-4-6-15(13)22-16)18-17(21)19(2)10-14(20)12-7-8-12/h3-6,9,11-12,14,20H,7-8,10H2,1-2H3,(H,18,21). The van der Waals surface area contributed by atoms with Crippen molar-refractivity contribution in [3.05, 3.63) is 36.1 Å². The maximum atomic E-state index is 12.2. The molecule has 2 amide bonds. The van der Waals surface area contributed by atoms with E-state index in [9.17, 15) is 9.90 Å². The van der Waals surface area contributed by atoms with Crippen LogP contribution in [0, 0.1) is 5.92 Å². The Bertz CT molecular complexity index is 630. The molecule has 2 atom stereocenters. The Kier molecular flexibility index (Phi) is 4.07. The zero-order chi connectivity index (χ0) is 15.7. The average Bonchev–Trinajstić information content (AvgIpc) is 3.25. The normalized spacial score (nSPS) is 17.2. The van der Waals surface area contributed by atoms with Gasteiger partial charge in [0.15, 0.2) is 0 Å². The number of carbonyl (C=O) groups is 1. The molecule has 1 aromatic carbocycles. The summed E-state index contributed by atoms with van der Waals surface area (Å²) in [5, 5.41) is 13.8. The van der Waals surface area contributed by atoms with Crippen LogP contribution in [-0.4, -0.2) is 35.7 Å². The first-order valence-corrected chi connectivity index (χ1v) is 7.73. The first-order valence-electron chi connectivity index (χ1n) is 7.73. The Hall–Kier alpha value is -2.01. The third kappa shape index (κ3) is 3.25. The summed E-state index contributed by atoms with van der Waals surface area (Å²) >= 11 is 0. The second kappa shape index (κ2) is 6.01. The third-order valence-corrected chi connectivity index (χ3v) is 4.19. The lowest BCUT2D eigenvalue weighted by molar-refractivity contribution is 0.112. The number of likely N-dealkylation sites (N-methyl/N-ethyl adjacent to an activating group) is 1. The first-order chi connectivity index (χ1) is 10.5. The predicted molar refractivity (Wildman–Crippen MR) is 84.5 cm³/mol. The minimum Gasteiger partial charge on any atom is -0.459 e. The van der Waals surface area contributed by atoms with Gasteiger partial charge in [0, 0.05) is 19.0 Å². The van der Waals surface area contributed by atoms with Crippen LogP contribution in [0.4, 0.5) is 4.79 Å². The number of rotatable bonds is 5. The molecule has 118 valence electrons. The highest BCUT2D eigenvalue weighted by atomic mass is 16.3. The van der Waals surface area contributed by atoms with Gasteiger partial charge >= 0.3 is 6.03 Å². The van der Waals surface area contributed by atoms with Gasteiger partial charge in [-0.1, -0.05) is 18.2 Å². The number of aliphatic hydroxyl groups is 1. The van der Waals surface area contributed by atoms with Gasteiger partial charge in [0.25, 0.3) is 0 Å². The molecule has 0 radical (unpaired) electrons. The molecule has 2 N–H and O–H groups in total. The molecular formula is C17H22N2O3. The van der Waals surface area contributed by atoms with Gasteiger partial charge in [-0.2, -0.15) is 0 Å². The smallest absolute Gasteiger partial charge is 0.317 e. The molecule has 3 rings (SSSR count). The number of hydrogen-bond donors (Lipinski definition) is 2. The van der Waals surface area contributed by atoms with Crippen molar-refractivity contribution < 1.29 is 14.3 Å². The summed E-state index contributed by atoms with van der Waals surface area (Å²) in [5.41, 5.74) is 0.816. The van der Waals surface area contributed by atoms with Crippen LogP contribution >= 0.6 is 0 Å². The maximum absolute atomic E-state index is 12.2. The molecule has 1 saturated carbocycles. The Morgan fingerprint density at radius 1 is 1.45 bits per heavy atom. The van der Waals surface area contributed by atoms with Gasteiger partial charge in [-0.25, -0.2) is 4.79 Å². The van der Waals surface area contributed by atoms with E-state index in [0.29, 0.717) is 12.5 Å². The topological polar surface area (TPSA) is 65.7 Å². The van der Waals surface area contributed by atoms with Gasteiger partial charge in [-0.3, -0.25) is 0 Å². The zero-order valence-electron chi connectivity index (χ0n) is 13.0. The molecule has 0 bridgehead atoms. The highest BCUT2D eigenvalue weighted by Crippen LogP contribution is 2.32. The number of nitrogens with zero attached hydrogens (tertiary/aromatic N) is 1. The van der Waals surface area contributed by atoms with Gasteiger partial charge in [-0.05, 0) is 37.8 Å². The number of fused-ring (bicyclic) bond motifs is 1. The highest BCUT2D eigenvalue weighted by Gasteiger charge is 2.31. The summed E-state index contributed by atoms with van der Waals surface area (Å²) in [5.74, 6) is 1.09. The molecule has 0 saturated heterocycles. The van der Waals surface area contributed by atoms with Crippen molar-refractivity contribution in [3.8, 4) is 0 Å². The number of carbonyl (C=O) groups excluding carboxylic acids is 1. The van der Waals surface area contributed by atoms with E-state index in [2.05, 4.69) is 5.32 Å². The van der Waals surface area contributed by atoms with E-state index >= 15 is 0 Å². The second-order valence-electron chi connectivity index (χ2n) is 6.14. The van der Waals surface area contributed by atoms with E-state index in [0.717, 1.165) is 29.6 Å². The van der Waals surface area contributed by atoms with E-state index in [1.165, 1.54) is 4.90 Å². The largest absolute Gasteiger partial charge is 0.459 e. The summed E-state index contributed by atoms with van der Waals surface area (Å²) in [7, 11) is 1.70. The molecule has 1 aliphatic carbocycles. The van der Waals surface area contributed by atoms with Crippen molar-refractivity contribution in [2.75, 3.05) is 13.6 Å². The molecule has 5 nitrogen and oxygen atoms in total. The van der Waals surface area contributed by atoms with Crippen LogP contribution in [-0.2, 0) is 0 Å². The first kappa shape index (κ1) is 14.9. The number of amides is 2. The van der Waals surface area contributed by atoms with Crippen LogP contribution in [0.3, 0.4) is 0 Å². The summed E-state index contributed by atoms with van der Waals surface area (Å²) in [6, 6.07) is 9.29. The van der Waals surface area contributed by atoms with E-state index in [4.69, 9.17) is 4.42 Å². The Morgan fingerprint density at radius 3 is 2.86 bits per heavy atom. The van der Waals surface area contributed by atoms with Gasteiger partial charge < -0.3 is 19.7 Å². The average molecular weight is 302 g/mol. The molecule has 5 heteroatoms. The molecule has 1 heterocycles. The van der Waals surface area contributed by atoms with Gasteiger partial charge in [0.1, 0.15) is 11.3 Å². The molecule has 2 aromatic rings. The number of hydrogen-bond acceptors (Lipinski definition) is 3. The number of para-hydroxylation sites is 1. The van der Waals surface area contributed by atoms with Crippen LogP contribution < -0.4 is 5.32 Å². The van der Waals surface area contributed by atoms with Gasteiger partial charge in [0.2, 0.25) is 0 Å². The summed E-state index contributed by atoms with van der Waals surface area (Å²) in [4.78, 5) is 13.7. The van der Waals surface area contributed by atoms with E-state index < -0.39 is 6.10 Å². The lowest BCUT2D eigenvalue weighted by atomic mass is 10.2. The van der Waals surface area contributed by atoms with Crippen molar-refractivity contribution in [1.29, 1.82) is 0 Å². The van der Waals surface area contributed by atoms with Crippen molar-refractivity contribution in [1.82, 2.24) is 10.2 Å². The third-order valence-electron chi connectivity index (χ3n) is 4.19. The Morgan fingerprint density at radius 2 is 2.18 bits per heavy atom. The Labute approximate surface area is 129 Å². The fourth-order valence-corrected chi connectivity index (χ4v) is 2.58. The van der Waals surface area contributed by atoms with Crippen LogP contribution in [0.1, 0.15) is 31.6 Å². The molecule has 2 unspecified atom stereocenters. The van der Waals surface area contributed by atoms with Crippen LogP contribution in [0.15, 0.2) is 34.7 Å². The van der Waals surface area contributed by atoms with Crippen molar-refractivity contribution in [3.63, 3.8) is 0 Å². The summed E-state index contributed by atoms with van der Waals surface area (Å²) in [6.07, 6.45) is 1.70. The molecule has 1 aliphatic rings. The minimum atomic E-state index is -0.419.